The van der Waals surface area contributed by atoms with Crippen LogP contribution in [0.5, 0.6) is 0 Å². The second kappa shape index (κ2) is 7.22. The van der Waals surface area contributed by atoms with Crippen molar-refractivity contribution in [2.75, 3.05) is 19.4 Å². The second-order valence-corrected chi connectivity index (χ2v) is 8.06. The third kappa shape index (κ3) is 4.06. The average Bonchev–Trinajstić information content (AvgIpc) is 2.99. The number of imidazole rings is 1. The summed E-state index contributed by atoms with van der Waals surface area (Å²) in [6.45, 7) is 3.32. The lowest BCUT2D eigenvalue weighted by molar-refractivity contribution is -0.389. The summed E-state index contributed by atoms with van der Waals surface area (Å²) in [7, 11) is -0.797. The molecule has 0 saturated heterocycles. The van der Waals surface area contributed by atoms with Crippen LogP contribution in [0.3, 0.4) is 0 Å². The zero-order valence-corrected chi connectivity index (χ0v) is 15.6. The van der Waals surface area contributed by atoms with Crippen molar-refractivity contribution in [3.05, 3.63) is 45.9 Å². The minimum absolute atomic E-state index is 0.0687. The number of nitro groups is 1. The Morgan fingerprint density at radius 3 is 2.54 bits per heavy atom. The molecular formula is C15H19N5O5S. The Morgan fingerprint density at radius 1 is 1.35 bits per heavy atom. The monoisotopic (exact) mass is 381 g/mol. The van der Waals surface area contributed by atoms with Crippen molar-refractivity contribution >= 4 is 27.4 Å². The molecule has 11 heteroatoms. The van der Waals surface area contributed by atoms with Crippen LogP contribution >= 0.6 is 0 Å². The van der Waals surface area contributed by atoms with Crippen molar-refractivity contribution in [3.63, 3.8) is 0 Å². The number of carbonyl (C=O) groups excluding carboxylic acids is 1. The van der Waals surface area contributed by atoms with E-state index in [4.69, 9.17) is 0 Å². The zero-order valence-electron chi connectivity index (χ0n) is 14.8. The van der Waals surface area contributed by atoms with Gasteiger partial charge in [-0.05, 0) is 47.0 Å². The topological polar surface area (TPSA) is 127 Å². The summed E-state index contributed by atoms with van der Waals surface area (Å²) in [4.78, 5) is 25.8. The summed E-state index contributed by atoms with van der Waals surface area (Å²) in [5.74, 6) is -0.817. The lowest BCUT2D eigenvalue weighted by atomic mass is 10.1. The third-order valence-electron chi connectivity index (χ3n) is 3.83. The van der Waals surface area contributed by atoms with Gasteiger partial charge in [-0.25, -0.2) is 12.7 Å². The molecule has 140 valence electrons. The maximum Gasteiger partial charge on any atom is 0.381 e. The number of aryl methyl sites for hydroxylation is 1. The normalized spacial score (nSPS) is 11.6. The lowest BCUT2D eigenvalue weighted by Gasteiger charge is -2.16. The van der Waals surface area contributed by atoms with Crippen LogP contribution in [0.4, 0.5) is 11.5 Å². The van der Waals surface area contributed by atoms with Gasteiger partial charge in [0.25, 0.3) is 0 Å². The van der Waals surface area contributed by atoms with Gasteiger partial charge < -0.3 is 20.0 Å². The molecular weight excluding hydrogens is 362 g/mol. The van der Waals surface area contributed by atoms with Gasteiger partial charge in [-0.2, -0.15) is 0 Å². The predicted octanol–water partition coefficient (Wildman–Crippen LogP) is 1.30. The maximum atomic E-state index is 12.3. The molecule has 26 heavy (non-hydrogen) atoms. The standard InChI is InChI=1S/C15H19N5O5S/c1-10-5-12(26(24,25)18(3)4)6-13(11(10)2)17-15(21)8-19-7-14(16-9-19)20(22)23/h5-7,9H,8H2,1-4H3,(H,17,21). The number of nitrogens with zero attached hydrogens (tertiary/aromatic N) is 4. The van der Waals surface area contributed by atoms with Crippen LogP contribution in [0.15, 0.2) is 29.6 Å². The molecule has 0 aliphatic heterocycles. The number of carbonyl (C=O) groups is 1. The molecule has 1 aromatic heterocycles. The van der Waals surface area contributed by atoms with E-state index in [9.17, 15) is 23.3 Å². The highest BCUT2D eigenvalue weighted by Crippen LogP contribution is 2.25. The van der Waals surface area contributed by atoms with Crippen LogP contribution in [-0.2, 0) is 21.4 Å². The summed E-state index contributed by atoms with van der Waals surface area (Å²) in [5, 5.41) is 13.3. The number of hydrogen-bond acceptors (Lipinski definition) is 6. The highest BCUT2D eigenvalue weighted by atomic mass is 32.2. The Hall–Kier alpha value is -2.79. The van der Waals surface area contributed by atoms with Crippen molar-refractivity contribution in [1.29, 1.82) is 0 Å². The molecule has 0 aliphatic carbocycles. The zero-order chi connectivity index (χ0) is 19.6. The molecule has 0 aliphatic rings. The van der Waals surface area contributed by atoms with E-state index in [2.05, 4.69) is 10.3 Å². The van der Waals surface area contributed by atoms with Gasteiger partial charge in [0.2, 0.25) is 22.3 Å². The fourth-order valence-corrected chi connectivity index (χ4v) is 3.21. The van der Waals surface area contributed by atoms with Crippen LogP contribution in [0.2, 0.25) is 0 Å². The Morgan fingerprint density at radius 2 is 2.00 bits per heavy atom. The third-order valence-corrected chi connectivity index (χ3v) is 5.62. The molecule has 1 N–H and O–H groups in total. The maximum absolute atomic E-state index is 12.3. The molecule has 10 nitrogen and oxygen atoms in total. The first-order valence-corrected chi connectivity index (χ1v) is 8.96. The molecule has 2 rings (SSSR count). The molecule has 0 radical (unpaired) electrons. The fraction of sp³-hybridized carbons (Fsp3) is 0.333. The second-order valence-electron chi connectivity index (χ2n) is 5.91. The van der Waals surface area contributed by atoms with E-state index in [-0.39, 0.29) is 17.3 Å². The number of rotatable bonds is 6. The highest BCUT2D eigenvalue weighted by molar-refractivity contribution is 7.89. The Bertz CT molecular complexity index is 965. The van der Waals surface area contributed by atoms with Gasteiger partial charge in [0.15, 0.2) is 0 Å². The molecule has 0 bridgehead atoms. The molecule has 0 atom stereocenters. The minimum Gasteiger partial charge on any atom is -0.358 e. The molecule has 1 aromatic carbocycles. The number of nitrogens with one attached hydrogen (secondary N) is 1. The SMILES string of the molecule is Cc1cc(S(=O)(=O)N(C)C)cc(NC(=O)Cn2cnc([N+](=O)[O-])c2)c1C. The summed E-state index contributed by atoms with van der Waals surface area (Å²) >= 11 is 0. The molecule has 0 unspecified atom stereocenters. The van der Waals surface area contributed by atoms with Crippen molar-refractivity contribution in [1.82, 2.24) is 13.9 Å². The van der Waals surface area contributed by atoms with Gasteiger partial charge in [-0.1, -0.05) is 0 Å². The molecule has 1 heterocycles. The van der Waals surface area contributed by atoms with E-state index in [1.807, 2.05) is 0 Å². The molecule has 1 amide bonds. The summed E-state index contributed by atoms with van der Waals surface area (Å²) in [6, 6.07) is 2.94. The smallest absolute Gasteiger partial charge is 0.358 e. The van der Waals surface area contributed by atoms with E-state index in [1.54, 1.807) is 19.9 Å². The quantitative estimate of drug-likeness (QED) is 0.593. The first-order valence-electron chi connectivity index (χ1n) is 7.52. The van der Waals surface area contributed by atoms with Crippen LogP contribution in [0.1, 0.15) is 11.1 Å². The van der Waals surface area contributed by atoms with Crippen LogP contribution in [0, 0.1) is 24.0 Å². The van der Waals surface area contributed by atoms with E-state index in [0.29, 0.717) is 11.3 Å². The van der Waals surface area contributed by atoms with Gasteiger partial charge in [-0.3, -0.25) is 4.79 Å². The first-order chi connectivity index (χ1) is 12.0. The van der Waals surface area contributed by atoms with Crippen molar-refractivity contribution in [3.8, 4) is 0 Å². The Labute approximate surface area is 150 Å². The van der Waals surface area contributed by atoms with E-state index >= 15 is 0 Å². The van der Waals surface area contributed by atoms with Crippen molar-refractivity contribution < 1.29 is 18.1 Å². The number of amides is 1. The van der Waals surface area contributed by atoms with Crippen LogP contribution in [0.25, 0.3) is 0 Å². The average molecular weight is 381 g/mol. The number of aromatic nitrogens is 2. The number of benzene rings is 1. The van der Waals surface area contributed by atoms with Gasteiger partial charge in [0.05, 0.1) is 4.90 Å². The Kier molecular flexibility index (Phi) is 5.42. The van der Waals surface area contributed by atoms with Gasteiger partial charge >= 0.3 is 5.82 Å². The van der Waals surface area contributed by atoms with E-state index in [1.165, 1.54) is 31.1 Å². The van der Waals surface area contributed by atoms with Crippen molar-refractivity contribution in [2.24, 2.45) is 0 Å². The molecule has 0 fully saturated rings. The number of hydrogen-bond donors (Lipinski definition) is 1. The minimum atomic E-state index is -3.65. The first kappa shape index (κ1) is 19.5. The summed E-state index contributed by atoms with van der Waals surface area (Å²) < 4.78 is 27.0. The van der Waals surface area contributed by atoms with Gasteiger partial charge in [-0.15, -0.1) is 0 Å². The van der Waals surface area contributed by atoms with E-state index in [0.717, 1.165) is 16.1 Å². The fourth-order valence-electron chi connectivity index (χ4n) is 2.20. The van der Waals surface area contributed by atoms with Gasteiger partial charge in [0, 0.05) is 19.8 Å². The molecule has 0 saturated carbocycles. The molecule has 0 spiro atoms. The highest BCUT2D eigenvalue weighted by Gasteiger charge is 2.20. The van der Waals surface area contributed by atoms with Crippen LogP contribution in [-0.4, -0.2) is 47.2 Å². The summed E-state index contributed by atoms with van der Waals surface area (Å²) in [5.41, 5.74) is 1.80. The van der Waals surface area contributed by atoms with Gasteiger partial charge in [0.1, 0.15) is 12.7 Å². The number of sulfonamides is 1. The van der Waals surface area contributed by atoms with Crippen LogP contribution < -0.4 is 5.32 Å². The predicted molar refractivity (Wildman–Crippen MR) is 94.3 cm³/mol. The molecule has 2 aromatic rings. The summed E-state index contributed by atoms with van der Waals surface area (Å²) in [6.07, 6.45) is 2.33. The largest absolute Gasteiger partial charge is 0.381 e. The lowest BCUT2D eigenvalue weighted by Crippen LogP contribution is -2.23. The number of anilines is 1. The Balaban J connectivity index is 2.26. The van der Waals surface area contributed by atoms with Crippen molar-refractivity contribution in [2.45, 2.75) is 25.3 Å². The van der Waals surface area contributed by atoms with E-state index < -0.39 is 20.9 Å².